The summed E-state index contributed by atoms with van der Waals surface area (Å²) in [7, 11) is 0. The van der Waals surface area contributed by atoms with Crippen molar-refractivity contribution in [3.05, 3.63) is 95.1 Å². The summed E-state index contributed by atoms with van der Waals surface area (Å²) in [4.78, 5) is 36.2. The summed E-state index contributed by atoms with van der Waals surface area (Å²) in [6.45, 7) is 6.68. The topological polar surface area (TPSA) is 92.6 Å². The van der Waals surface area contributed by atoms with Gasteiger partial charge in [-0.3, -0.25) is 19.6 Å². The summed E-state index contributed by atoms with van der Waals surface area (Å²) in [6, 6.07) is 13.4. The predicted octanol–water partition coefficient (Wildman–Crippen LogP) is 4.62. The van der Waals surface area contributed by atoms with E-state index in [1.54, 1.807) is 61.1 Å². The van der Waals surface area contributed by atoms with Crippen LogP contribution >= 0.6 is 0 Å². The van der Waals surface area contributed by atoms with Gasteiger partial charge in [0.1, 0.15) is 17.6 Å². The van der Waals surface area contributed by atoms with Crippen molar-refractivity contribution in [3.63, 3.8) is 0 Å². The van der Waals surface area contributed by atoms with Gasteiger partial charge in [0.05, 0.1) is 17.9 Å². The first-order valence-electron chi connectivity index (χ1n) is 11.3. The molecule has 1 fully saturated rings. The number of rotatable bonds is 7. The molecule has 1 saturated heterocycles. The van der Waals surface area contributed by atoms with Gasteiger partial charge in [0.15, 0.2) is 0 Å². The predicted molar refractivity (Wildman–Crippen MR) is 128 cm³/mol. The summed E-state index contributed by atoms with van der Waals surface area (Å²) < 4.78 is 5.73. The molecular weight excluding hydrogens is 430 g/mol. The molecule has 1 amide bonds. The van der Waals surface area contributed by atoms with Gasteiger partial charge in [-0.05, 0) is 66.4 Å². The van der Waals surface area contributed by atoms with Crippen molar-refractivity contribution >= 4 is 17.4 Å². The molecule has 0 radical (unpaired) electrons. The van der Waals surface area contributed by atoms with Crippen LogP contribution in [0.15, 0.2) is 72.7 Å². The summed E-state index contributed by atoms with van der Waals surface area (Å²) in [6.07, 6.45) is 4.87. The molecule has 7 heteroatoms. The van der Waals surface area contributed by atoms with Gasteiger partial charge in [-0.2, -0.15) is 0 Å². The SMILES string of the molecule is CCOc1ccc(/C(O)=C2/C(=O)C(=O)N(Cc3ccncc3)C2c2ccccn2)cc1C(C)C. The summed E-state index contributed by atoms with van der Waals surface area (Å²) in [5.41, 5.74) is 2.71. The van der Waals surface area contributed by atoms with E-state index in [2.05, 4.69) is 9.97 Å². The molecule has 1 atom stereocenters. The third-order valence-electron chi connectivity index (χ3n) is 5.82. The smallest absolute Gasteiger partial charge is 0.296 e. The fourth-order valence-electron chi connectivity index (χ4n) is 4.16. The van der Waals surface area contributed by atoms with Crippen molar-refractivity contribution in [2.24, 2.45) is 0 Å². The van der Waals surface area contributed by atoms with E-state index in [-0.39, 0.29) is 23.8 Å². The van der Waals surface area contributed by atoms with Gasteiger partial charge >= 0.3 is 0 Å². The van der Waals surface area contributed by atoms with Crippen molar-refractivity contribution in [1.29, 1.82) is 0 Å². The molecule has 1 unspecified atom stereocenters. The van der Waals surface area contributed by atoms with Crippen molar-refractivity contribution in [2.45, 2.75) is 39.3 Å². The molecule has 174 valence electrons. The average molecular weight is 458 g/mol. The lowest BCUT2D eigenvalue weighted by atomic mass is 9.94. The van der Waals surface area contributed by atoms with Crippen LogP contribution in [0.3, 0.4) is 0 Å². The number of Topliss-reactive ketones (excluding diaryl/α,β-unsaturated/α-hetero) is 1. The second kappa shape index (κ2) is 9.87. The summed E-state index contributed by atoms with van der Waals surface area (Å²) in [5, 5.41) is 11.4. The van der Waals surface area contributed by atoms with Gasteiger partial charge in [-0.1, -0.05) is 19.9 Å². The number of carbonyl (C=O) groups excluding carboxylic acids is 2. The molecule has 1 aliphatic heterocycles. The quantitative estimate of drug-likeness (QED) is 0.316. The maximum atomic E-state index is 13.2. The Morgan fingerprint density at radius 2 is 1.85 bits per heavy atom. The lowest BCUT2D eigenvalue weighted by Crippen LogP contribution is -2.29. The second-order valence-electron chi connectivity index (χ2n) is 8.38. The zero-order chi connectivity index (χ0) is 24.2. The highest BCUT2D eigenvalue weighted by molar-refractivity contribution is 6.46. The molecule has 0 bridgehead atoms. The monoisotopic (exact) mass is 457 g/mol. The number of hydrogen-bond donors (Lipinski definition) is 1. The molecule has 1 aliphatic rings. The van der Waals surface area contributed by atoms with E-state index in [1.807, 2.05) is 26.8 Å². The number of hydrogen-bond acceptors (Lipinski definition) is 6. The fourth-order valence-corrected chi connectivity index (χ4v) is 4.16. The van der Waals surface area contributed by atoms with Crippen LogP contribution in [0.5, 0.6) is 5.75 Å². The molecule has 0 spiro atoms. The number of likely N-dealkylation sites (tertiary alicyclic amines) is 1. The van der Waals surface area contributed by atoms with Crippen LogP contribution in [0.4, 0.5) is 0 Å². The van der Waals surface area contributed by atoms with Crippen molar-refractivity contribution in [3.8, 4) is 5.75 Å². The molecule has 0 saturated carbocycles. The van der Waals surface area contributed by atoms with Crippen LogP contribution in [0.2, 0.25) is 0 Å². The first-order chi connectivity index (χ1) is 16.4. The Morgan fingerprint density at radius 3 is 2.50 bits per heavy atom. The number of amides is 1. The molecule has 2 aromatic heterocycles. The maximum absolute atomic E-state index is 13.2. The summed E-state index contributed by atoms with van der Waals surface area (Å²) >= 11 is 0. The van der Waals surface area contributed by atoms with E-state index >= 15 is 0 Å². The first-order valence-corrected chi connectivity index (χ1v) is 11.3. The Labute approximate surface area is 198 Å². The van der Waals surface area contributed by atoms with Crippen LogP contribution in [0.1, 0.15) is 55.1 Å². The van der Waals surface area contributed by atoms with Crippen LogP contribution in [-0.2, 0) is 16.1 Å². The van der Waals surface area contributed by atoms with E-state index in [0.717, 1.165) is 16.9 Å². The van der Waals surface area contributed by atoms with Crippen LogP contribution in [0, 0.1) is 0 Å². The van der Waals surface area contributed by atoms with E-state index < -0.39 is 17.7 Å². The minimum absolute atomic E-state index is 0.0247. The van der Waals surface area contributed by atoms with E-state index in [0.29, 0.717) is 17.9 Å². The normalized spacial score (nSPS) is 17.4. The van der Waals surface area contributed by atoms with E-state index in [1.165, 1.54) is 4.90 Å². The highest BCUT2D eigenvalue weighted by Gasteiger charge is 2.46. The number of benzene rings is 1. The maximum Gasteiger partial charge on any atom is 0.296 e. The first kappa shape index (κ1) is 23.2. The minimum Gasteiger partial charge on any atom is -0.507 e. The molecule has 7 nitrogen and oxygen atoms in total. The molecule has 4 rings (SSSR count). The molecule has 1 aromatic carbocycles. The van der Waals surface area contributed by atoms with Gasteiger partial charge in [-0.15, -0.1) is 0 Å². The van der Waals surface area contributed by atoms with Gasteiger partial charge in [0, 0.05) is 30.7 Å². The highest BCUT2D eigenvalue weighted by Crippen LogP contribution is 2.40. The number of carbonyl (C=O) groups is 2. The second-order valence-corrected chi connectivity index (χ2v) is 8.38. The van der Waals surface area contributed by atoms with E-state index in [9.17, 15) is 14.7 Å². The molecule has 3 heterocycles. The Kier molecular flexibility index (Phi) is 6.72. The van der Waals surface area contributed by atoms with Crippen molar-refractivity contribution in [1.82, 2.24) is 14.9 Å². The van der Waals surface area contributed by atoms with Crippen LogP contribution in [0.25, 0.3) is 5.76 Å². The highest BCUT2D eigenvalue weighted by atomic mass is 16.5. The number of aliphatic hydroxyl groups is 1. The van der Waals surface area contributed by atoms with Crippen LogP contribution < -0.4 is 4.74 Å². The average Bonchev–Trinajstić information content (AvgIpc) is 3.10. The third-order valence-corrected chi connectivity index (χ3v) is 5.82. The standard InChI is InChI=1S/C27H27N3O4/c1-4-34-22-9-8-19(15-20(22)17(2)3)25(31)23-24(21-7-5-6-12-29-21)30(27(33)26(23)32)16-18-10-13-28-14-11-18/h5-15,17,24,31H,4,16H2,1-3H3/b25-23-. The largest absolute Gasteiger partial charge is 0.507 e. The van der Waals surface area contributed by atoms with E-state index in [4.69, 9.17) is 4.74 Å². The number of ether oxygens (including phenoxy) is 1. The zero-order valence-electron chi connectivity index (χ0n) is 19.4. The number of aromatic nitrogens is 2. The Hall–Kier alpha value is -4.00. The van der Waals surface area contributed by atoms with Crippen LogP contribution in [-0.4, -0.2) is 38.3 Å². The van der Waals surface area contributed by atoms with Gasteiger partial charge in [0.2, 0.25) is 0 Å². The minimum atomic E-state index is -0.816. The zero-order valence-corrected chi connectivity index (χ0v) is 19.4. The molecular formula is C27H27N3O4. The Bertz CT molecular complexity index is 1220. The number of ketones is 1. The molecule has 0 aliphatic carbocycles. The Balaban J connectivity index is 1.85. The lowest BCUT2D eigenvalue weighted by molar-refractivity contribution is -0.140. The fraction of sp³-hybridized carbons (Fsp3) is 0.259. The summed E-state index contributed by atoms with van der Waals surface area (Å²) in [5.74, 6) is -0.772. The lowest BCUT2D eigenvalue weighted by Gasteiger charge is -2.24. The van der Waals surface area contributed by atoms with Crippen molar-refractivity contribution < 1.29 is 19.4 Å². The molecule has 3 aromatic rings. The number of pyridine rings is 2. The van der Waals surface area contributed by atoms with Gasteiger partial charge < -0.3 is 14.7 Å². The third kappa shape index (κ3) is 4.41. The van der Waals surface area contributed by atoms with Gasteiger partial charge in [0.25, 0.3) is 11.7 Å². The van der Waals surface area contributed by atoms with Gasteiger partial charge in [-0.25, -0.2) is 0 Å². The number of nitrogens with zero attached hydrogens (tertiary/aromatic N) is 3. The van der Waals surface area contributed by atoms with Crippen molar-refractivity contribution in [2.75, 3.05) is 6.61 Å². The molecule has 34 heavy (non-hydrogen) atoms. The molecule has 1 N–H and O–H groups in total. The number of aliphatic hydroxyl groups excluding tert-OH is 1. The Morgan fingerprint density at radius 1 is 1.09 bits per heavy atom.